The third-order valence-electron chi connectivity index (χ3n) is 3.93. The summed E-state index contributed by atoms with van der Waals surface area (Å²) in [5.74, 6) is -1.08. The third-order valence-corrected chi connectivity index (χ3v) is 4.24. The molecule has 0 unspecified atom stereocenters. The van der Waals surface area contributed by atoms with Gasteiger partial charge in [-0.3, -0.25) is 9.59 Å². The Labute approximate surface area is 157 Å². The highest BCUT2D eigenvalue weighted by Crippen LogP contribution is 2.18. The Bertz CT molecular complexity index is 753. The van der Waals surface area contributed by atoms with Crippen LogP contribution < -0.4 is 10.6 Å². The average molecular weight is 377 g/mol. The van der Waals surface area contributed by atoms with Crippen molar-refractivity contribution >= 4 is 23.4 Å². The highest BCUT2D eigenvalue weighted by atomic mass is 35.5. The molecule has 0 saturated carbocycles. The van der Waals surface area contributed by atoms with Crippen LogP contribution in [-0.4, -0.2) is 18.4 Å². The highest BCUT2D eigenvalue weighted by molar-refractivity contribution is 6.33. The SMILES string of the molecule is CCC[C@H](NC(=O)CCNC(=O)c1ccc(F)cc1Cl)c1ccccc1. The van der Waals surface area contributed by atoms with Gasteiger partial charge in [0.05, 0.1) is 16.6 Å². The molecule has 0 aliphatic carbocycles. The maximum absolute atomic E-state index is 13.0. The summed E-state index contributed by atoms with van der Waals surface area (Å²) in [6.45, 7) is 2.24. The fraction of sp³-hybridized carbons (Fsp3) is 0.300. The van der Waals surface area contributed by atoms with Gasteiger partial charge in [0.25, 0.3) is 5.91 Å². The number of halogens is 2. The molecule has 26 heavy (non-hydrogen) atoms. The first kappa shape index (κ1) is 19.9. The fourth-order valence-corrected chi connectivity index (χ4v) is 2.87. The van der Waals surface area contributed by atoms with Crippen molar-refractivity contribution in [2.75, 3.05) is 6.54 Å². The molecule has 0 bridgehead atoms. The maximum atomic E-state index is 13.0. The quantitative estimate of drug-likeness (QED) is 0.723. The molecule has 1 atom stereocenters. The Morgan fingerprint density at radius 3 is 2.54 bits per heavy atom. The van der Waals surface area contributed by atoms with Gasteiger partial charge in [-0.05, 0) is 30.2 Å². The van der Waals surface area contributed by atoms with E-state index in [0.29, 0.717) is 0 Å². The van der Waals surface area contributed by atoms with Gasteiger partial charge in [-0.1, -0.05) is 55.3 Å². The molecule has 2 aromatic carbocycles. The van der Waals surface area contributed by atoms with Crippen LogP contribution in [0.4, 0.5) is 4.39 Å². The van der Waals surface area contributed by atoms with Gasteiger partial charge in [0, 0.05) is 13.0 Å². The number of nitrogens with one attached hydrogen (secondary N) is 2. The minimum atomic E-state index is -0.506. The summed E-state index contributed by atoms with van der Waals surface area (Å²) in [7, 11) is 0. The third kappa shape index (κ3) is 5.85. The van der Waals surface area contributed by atoms with E-state index in [1.54, 1.807) is 0 Å². The summed E-state index contributed by atoms with van der Waals surface area (Å²) in [5.41, 5.74) is 1.24. The molecular formula is C20H22ClFN2O2. The lowest BCUT2D eigenvalue weighted by atomic mass is 10.0. The second kappa shape index (κ2) is 9.92. The Morgan fingerprint density at radius 2 is 1.88 bits per heavy atom. The minimum absolute atomic E-state index is 0.0408. The number of carbonyl (C=O) groups excluding carboxylic acids is 2. The molecule has 0 fully saturated rings. The molecule has 0 spiro atoms. The van der Waals surface area contributed by atoms with Gasteiger partial charge >= 0.3 is 0 Å². The fourth-order valence-electron chi connectivity index (χ4n) is 2.62. The smallest absolute Gasteiger partial charge is 0.252 e. The van der Waals surface area contributed by atoms with Crippen molar-refractivity contribution < 1.29 is 14.0 Å². The summed E-state index contributed by atoms with van der Waals surface area (Å²) in [6, 6.07) is 13.3. The first-order chi connectivity index (χ1) is 12.5. The average Bonchev–Trinajstić information content (AvgIpc) is 2.62. The number of hydrogen-bond donors (Lipinski definition) is 2. The van der Waals surface area contributed by atoms with Gasteiger partial charge < -0.3 is 10.6 Å². The van der Waals surface area contributed by atoms with E-state index < -0.39 is 11.7 Å². The molecule has 0 radical (unpaired) electrons. The zero-order chi connectivity index (χ0) is 18.9. The first-order valence-electron chi connectivity index (χ1n) is 8.58. The van der Waals surface area contributed by atoms with Crippen LogP contribution in [0.2, 0.25) is 5.02 Å². The van der Waals surface area contributed by atoms with Crippen molar-refractivity contribution in [1.29, 1.82) is 0 Å². The van der Waals surface area contributed by atoms with Crippen LogP contribution in [0, 0.1) is 5.82 Å². The van der Waals surface area contributed by atoms with Crippen LogP contribution in [0.15, 0.2) is 48.5 Å². The molecule has 0 aliphatic heterocycles. The van der Waals surface area contributed by atoms with Crippen LogP contribution in [0.25, 0.3) is 0 Å². The molecule has 4 nitrogen and oxygen atoms in total. The molecule has 0 aliphatic rings. The summed E-state index contributed by atoms with van der Waals surface area (Å²) in [4.78, 5) is 24.2. The minimum Gasteiger partial charge on any atom is -0.351 e. The Kier molecular flexibility index (Phi) is 7.60. The van der Waals surface area contributed by atoms with E-state index in [1.807, 2.05) is 30.3 Å². The second-order valence-corrected chi connectivity index (χ2v) is 6.36. The predicted molar refractivity (Wildman–Crippen MR) is 101 cm³/mol. The van der Waals surface area contributed by atoms with Crippen molar-refractivity contribution in [3.8, 4) is 0 Å². The van der Waals surface area contributed by atoms with Crippen molar-refractivity contribution in [2.45, 2.75) is 32.2 Å². The van der Waals surface area contributed by atoms with Gasteiger partial charge in [0.2, 0.25) is 5.91 Å². The standard InChI is InChI=1S/C20H22ClFN2O2/c1-2-6-18(14-7-4-3-5-8-14)24-19(25)11-12-23-20(26)16-10-9-15(22)13-17(16)21/h3-5,7-10,13,18H,2,6,11-12H2,1H3,(H,23,26)(H,24,25)/t18-/m0/s1. The molecule has 0 heterocycles. The lowest BCUT2D eigenvalue weighted by Gasteiger charge is -2.18. The molecule has 2 aromatic rings. The predicted octanol–water partition coefficient (Wildman–Crippen LogP) is 4.26. The normalized spacial score (nSPS) is 11.7. The van der Waals surface area contributed by atoms with Crippen molar-refractivity contribution in [3.05, 3.63) is 70.5 Å². The van der Waals surface area contributed by atoms with Crippen molar-refractivity contribution in [2.24, 2.45) is 0 Å². The van der Waals surface area contributed by atoms with Crippen LogP contribution in [0.1, 0.15) is 48.1 Å². The topological polar surface area (TPSA) is 58.2 Å². The molecule has 6 heteroatoms. The molecule has 2 amide bonds. The van der Waals surface area contributed by atoms with Crippen LogP contribution in [0.5, 0.6) is 0 Å². The Balaban J connectivity index is 1.84. The van der Waals surface area contributed by atoms with Crippen LogP contribution >= 0.6 is 11.6 Å². The van der Waals surface area contributed by atoms with E-state index >= 15 is 0 Å². The zero-order valence-corrected chi connectivity index (χ0v) is 15.4. The zero-order valence-electron chi connectivity index (χ0n) is 14.6. The van der Waals surface area contributed by atoms with Gasteiger partial charge in [-0.2, -0.15) is 0 Å². The van der Waals surface area contributed by atoms with Crippen molar-refractivity contribution in [3.63, 3.8) is 0 Å². The number of amides is 2. The molecule has 2 N–H and O–H groups in total. The Hall–Kier alpha value is -2.40. The van der Waals surface area contributed by atoms with E-state index in [2.05, 4.69) is 17.6 Å². The summed E-state index contributed by atoms with van der Waals surface area (Å²) >= 11 is 5.86. The molecule has 2 rings (SSSR count). The summed E-state index contributed by atoms with van der Waals surface area (Å²) < 4.78 is 13.0. The number of benzene rings is 2. The van der Waals surface area contributed by atoms with E-state index in [9.17, 15) is 14.0 Å². The van der Waals surface area contributed by atoms with Gasteiger partial charge in [0.15, 0.2) is 0 Å². The summed E-state index contributed by atoms with van der Waals surface area (Å²) in [6.07, 6.45) is 1.94. The van der Waals surface area contributed by atoms with Crippen molar-refractivity contribution in [1.82, 2.24) is 10.6 Å². The lowest BCUT2D eigenvalue weighted by Crippen LogP contribution is -2.33. The van der Waals surface area contributed by atoms with E-state index in [4.69, 9.17) is 11.6 Å². The monoisotopic (exact) mass is 376 g/mol. The molecule has 0 saturated heterocycles. The first-order valence-corrected chi connectivity index (χ1v) is 8.96. The number of hydrogen-bond acceptors (Lipinski definition) is 2. The number of carbonyl (C=O) groups is 2. The molecule has 138 valence electrons. The Morgan fingerprint density at radius 1 is 1.15 bits per heavy atom. The van der Waals surface area contributed by atoms with E-state index in [1.165, 1.54) is 12.1 Å². The molecular weight excluding hydrogens is 355 g/mol. The van der Waals surface area contributed by atoms with Crippen LogP contribution in [-0.2, 0) is 4.79 Å². The van der Waals surface area contributed by atoms with E-state index in [-0.39, 0.29) is 35.5 Å². The molecule has 0 aromatic heterocycles. The van der Waals surface area contributed by atoms with Gasteiger partial charge in [-0.25, -0.2) is 4.39 Å². The van der Waals surface area contributed by atoms with Gasteiger partial charge in [-0.15, -0.1) is 0 Å². The summed E-state index contributed by atoms with van der Waals surface area (Å²) in [5, 5.41) is 5.67. The lowest BCUT2D eigenvalue weighted by molar-refractivity contribution is -0.121. The highest BCUT2D eigenvalue weighted by Gasteiger charge is 2.15. The maximum Gasteiger partial charge on any atom is 0.252 e. The largest absolute Gasteiger partial charge is 0.351 e. The number of rotatable bonds is 8. The van der Waals surface area contributed by atoms with Gasteiger partial charge in [0.1, 0.15) is 5.82 Å². The second-order valence-electron chi connectivity index (χ2n) is 5.95. The van der Waals surface area contributed by atoms with E-state index in [0.717, 1.165) is 24.5 Å². The van der Waals surface area contributed by atoms with Crippen LogP contribution in [0.3, 0.4) is 0 Å².